The second kappa shape index (κ2) is 10.6. The highest BCUT2D eigenvalue weighted by molar-refractivity contribution is 8.00. The number of likely N-dealkylation sites (tertiary alicyclic amines) is 1. The summed E-state index contributed by atoms with van der Waals surface area (Å²) in [6, 6.07) is 9.69. The number of aliphatic carboxylic acids is 1. The molecule has 1 aromatic heterocycles. The van der Waals surface area contributed by atoms with Crippen LogP contribution in [0.4, 0.5) is 0 Å². The second-order valence-corrected chi connectivity index (χ2v) is 14.5. The van der Waals surface area contributed by atoms with Crippen LogP contribution in [0.2, 0.25) is 10.0 Å². The van der Waals surface area contributed by atoms with Gasteiger partial charge in [0.1, 0.15) is 12.6 Å². The Kier molecular flexibility index (Phi) is 7.07. The van der Waals surface area contributed by atoms with Crippen molar-refractivity contribution >= 4 is 64.1 Å². The van der Waals surface area contributed by atoms with Crippen molar-refractivity contribution in [3.8, 4) is 11.5 Å². The lowest BCUT2D eigenvalue weighted by Crippen LogP contribution is -2.44. The number of methoxy groups -OCH3 is 1. The van der Waals surface area contributed by atoms with Gasteiger partial charge in [-0.1, -0.05) is 46.7 Å². The fourth-order valence-electron chi connectivity index (χ4n) is 7.70. The molecule has 0 spiro atoms. The maximum atomic E-state index is 13.6. The van der Waals surface area contributed by atoms with E-state index in [1.807, 2.05) is 18.2 Å². The van der Waals surface area contributed by atoms with Crippen molar-refractivity contribution < 1.29 is 29.0 Å². The third-order valence-electron chi connectivity index (χ3n) is 9.45. The first-order valence-corrected chi connectivity index (χ1v) is 16.3. The summed E-state index contributed by atoms with van der Waals surface area (Å²) in [6.45, 7) is 1.58. The lowest BCUT2D eigenvalue weighted by molar-refractivity contribution is -0.154. The predicted octanol–water partition coefficient (Wildman–Crippen LogP) is 5.28. The Labute approximate surface area is 264 Å². The van der Waals surface area contributed by atoms with Crippen molar-refractivity contribution in [2.24, 2.45) is 29.6 Å². The normalized spacial score (nSPS) is 29.3. The molecule has 1 saturated heterocycles. The van der Waals surface area contributed by atoms with Gasteiger partial charge < -0.3 is 19.6 Å². The molecule has 224 valence electrons. The Morgan fingerprint density at radius 1 is 1.09 bits per heavy atom. The number of nitrogens with one attached hydrogen (secondary N) is 1. The molecular weight excluding hydrogens is 635 g/mol. The van der Waals surface area contributed by atoms with Gasteiger partial charge in [0.15, 0.2) is 11.5 Å². The van der Waals surface area contributed by atoms with E-state index in [2.05, 4.69) is 4.98 Å². The van der Waals surface area contributed by atoms with Gasteiger partial charge in [0.25, 0.3) is 0 Å². The number of ether oxygens (including phenoxy) is 2. The van der Waals surface area contributed by atoms with Crippen LogP contribution in [0.1, 0.15) is 35.3 Å². The maximum Gasteiger partial charge on any atom is 0.326 e. The molecule has 7 unspecified atom stereocenters. The van der Waals surface area contributed by atoms with Crippen LogP contribution in [0.5, 0.6) is 11.5 Å². The second-order valence-electron chi connectivity index (χ2n) is 11.5. The number of hydrogen-bond acceptors (Lipinski definition) is 8. The summed E-state index contributed by atoms with van der Waals surface area (Å²) in [5.74, 6) is -2.53. The van der Waals surface area contributed by atoms with E-state index in [1.54, 1.807) is 37.1 Å². The third-order valence-corrected chi connectivity index (χ3v) is 12.6. The van der Waals surface area contributed by atoms with Crippen LogP contribution in [0.25, 0.3) is 0 Å². The molecule has 2 N–H and O–H groups in total. The highest BCUT2D eigenvalue weighted by Crippen LogP contribution is 2.68. The number of amides is 2. The first-order valence-electron chi connectivity index (χ1n) is 13.8. The molecule has 8 atom stereocenters. The van der Waals surface area contributed by atoms with Crippen molar-refractivity contribution in [3.63, 3.8) is 0 Å². The van der Waals surface area contributed by atoms with Gasteiger partial charge in [-0.05, 0) is 60.9 Å². The minimum absolute atomic E-state index is 0.0141. The number of carbonyl (C=O) groups is 3. The van der Waals surface area contributed by atoms with Crippen LogP contribution in [0.3, 0.4) is 0 Å². The lowest BCUT2D eigenvalue weighted by Gasteiger charge is -2.43. The molecule has 4 aliphatic rings. The Balaban J connectivity index is 1.24. The van der Waals surface area contributed by atoms with Gasteiger partial charge >= 0.3 is 10.8 Å². The van der Waals surface area contributed by atoms with Crippen molar-refractivity contribution in [3.05, 3.63) is 72.1 Å². The molecule has 2 aliphatic carbocycles. The van der Waals surface area contributed by atoms with Crippen LogP contribution in [0.15, 0.2) is 46.2 Å². The van der Waals surface area contributed by atoms with Crippen molar-refractivity contribution in [1.82, 2.24) is 9.88 Å². The van der Waals surface area contributed by atoms with E-state index in [4.69, 9.17) is 32.7 Å². The standard InChI is InChI=1S/C30H26Cl2N2O7S2/c1-11(29(37)38)34-27(35)22-15-9-16(23(22)28(34)36)24-21(15)20(25-26(42-24)33-30(39)43-25)12-4-6-18(19(7-12)40-2)41-10-13-3-5-14(31)8-17(13)32/h3-8,11,15-16,20-24H,9-10H2,1-2H3,(H,33,39)(H,37,38)/t11?,15?,16?,20-,21?,22?,23?,24?/m1/s1. The number of halogens is 2. The Bertz CT molecular complexity index is 1740. The maximum absolute atomic E-state index is 13.6. The van der Waals surface area contributed by atoms with Crippen LogP contribution in [-0.2, 0) is 21.0 Å². The third kappa shape index (κ3) is 4.42. The van der Waals surface area contributed by atoms with E-state index in [1.165, 1.54) is 6.92 Å². The molecule has 3 aromatic rings. The quantitative estimate of drug-likeness (QED) is 0.328. The van der Waals surface area contributed by atoms with Gasteiger partial charge in [0.2, 0.25) is 11.8 Å². The van der Waals surface area contributed by atoms with Gasteiger partial charge in [-0.2, -0.15) is 0 Å². The highest BCUT2D eigenvalue weighted by atomic mass is 35.5. The molecule has 3 fully saturated rings. The van der Waals surface area contributed by atoms with E-state index in [-0.39, 0.29) is 46.3 Å². The van der Waals surface area contributed by atoms with Crippen LogP contribution in [0, 0.1) is 29.6 Å². The summed E-state index contributed by atoms with van der Waals surface area (Å²) in [5, 5.41) is 11.4. The fraction of sp³-hybridized carbons (Fsp3) is 0.400. The minimum atomic E-state index is -1.21. The number of benzene rings is 2. The number of rotatable bonds is 7. The number of aromatic amines is 1. The van der Waals surface area contributed by atoms with Crippen LogP contribution in [-0.4, -0.2) is 51.2 Å². The fourth-order valence-corrected chi connectivity index (χ4v) is 11.0. The number of fused-ring (bicyclic) bond motifs is 9. The molecule has 0 radical (unpaired) electrons. The summed E-state index contributed by atoms with van der Waals surface area (Å²) in [4.78, 5) is 56.1. The lowest BCUT2D eigenvalue weighted by atomic mass is 9.68. The van der Waals surface area contributed by atoms with E-state index in [0.29, 0.717) is 28.0 Å². The van der Waals surface area contributed by atoms with Gasteiger partial charge in [-0.25, -0.2) is 4.79 Å². The molecule has 2 aliphatic heterocycles. The van der Waals surface area contributed by atoms with Gasteiger partial charge in [0, 0.05) is 31.7 Å². The van der Waals surface area contributed by atoms with Crippen LogP contribution >= 0.6 is 46.3 Å². The van der Waals surface area contributed by atoms with E-state index in [0.717, 1.165) is 37.3 Å². The number of carboxylic acid groups (broad SMARTS) is 1. The molecule has 2 aromatic carbocycles. The zero-order valence-corrected chi connectivity index (χ0v) is 26.1. The summed E-state index contributed by atoms with van der Waals surface area (Å²) in [5.41, 5.74) is 1.68. The van der Waals surface area contributed by atoms with Gasteiger partial charge in [-0.3, -0.25) is 19.3 Å². The number of hydrogen-bond donors (Lipinski definition) is 2. The van der Waals surface area contributed by atoms with Crippen molar-refractivity contribution in [2.45, 2.75) is 42.2 Å². The van der Waals surface area contributed by atoms with E-state index < -0.39 is 29.8 Å². The highest BCUT2D eigenvalue weighted by Gasteiger charge is 2.70. The van der Waals surface area contributed by atoms with Crippen molar-refractivity contribution in [1.29, 1.82) is 0 Å². The molecule has 2 bridgehead atoms. The number of thioether (sulfide) groups is 1. The predicted molar refractivity (Wildman–Crippen MR) is 161 cm³/mol. The van der Waals surface area contributed by atoms with Gasteiger partial charge in [0.05, 0.1) is 24.0 Å². The molecule has 7 rings (SSSR count). The smallest absolute Gasteiger partial charge is 0.326 e. The Morgan fingerprint density at radius 2 is 1.84 bits per heavy atom. The molecule has 43 heavy (non-hydrogen) atoms. The summed E-state index contributed by atoms with van der Waals surface area (Å²) >= 11 is 15.1. The minimum Gasteiger partial charge on any atom is -0.493 e. The molecule has 13 heteroatoms. The number of H-pyrrole nitrogens is 1. The molecular formula is C30H26Cl2N2O7S2. The van der Waals surface area contributed by atoms with E-state index in [9.17, 15) is 24.3 Å². The SMILES string of the molecule is COc1cc([C@H]2c3sc(=O)[nH]c3SC3C4CC(C5C(=O)N(C(C)C(=O)O)C(=O)C45)C32)ccc1OCc1ccc(Cl)cc1Cl. The first-order chi connectivity index (χ1) is 20.6. The number of carboxylic acids is 1. The number of nitrogens with zero attached hydrogens (tertiary/aromatic N) is 1. The monoisotopic (exact) mass is 660 g/mol. The molecule has 9 nitrogen and oxygen atoms in total. The Morgan fingerprint density at radius 3 is 2.53 bits per heavy atom. The van der Waals surface area contributed by atoms with Crippen LogP contribution < -0.4 is 14.3 Å². The topological polar surface area (TPSA) is 126 Å². The molecule has 2 saturated carbocycles. The molecule has 3 heterocycles. The zero-order chi connectivity index (χ0) is 30.3. The molecule has 2 amide bonds. The van der Waals surface area contributed by atoms with Gasteiger partial charge in [-0.15, -0.1) is 11.8 Å². The summed E-state index contributed by atoms with van der Waals surface area (Å²) in [6.07, 6.45) is 0.709. The summed E-state index contributed by atoms with van der Waals surface area (Å²) < 4.78 is 11.8. The first kappa shape index (κ1) is 28.8. The Hall–Kier alpha value is -2.99. The number of carbonyl (C=O) groups excluding carboxylic acids is 2. The largest absolute Gasteiger partial charge is 0.493 e. The van der Waals surface area contributed by atoms with E-state index >= 15 is 0 Å². The average Bonchev–Trinajstić information content (AvgIpc) is 3.71. The summed E-state index contributed by atoms with van der Waals surface area (Å²) in [7, 11) is 1.56. The number of aromatic nitrogens is 1. The van der Waals surface area contributed by atoms with Crippen molar-refractivity contribution in [2.75, 3.05) is 7.11 Å². The zero-order valence-electron chi connectivity index (χ0n) is 22.9. The number of imide groups is 1. The number of thiazole rings is 1. The average molecular weight is 662 g/mol.